The molecule has 0 saturated carbocycles. The molecule has 1 fully saturated rings. The van der Waals surface area contributed by atoms with Crippen LogP contribution in [0.1, 0.15) is 26.2 Å². The third-order valence-electron chi connectivity index (χ3n) is 2.63. The van der Waals surface area contributed by atoms with E-state index in [2.05, 4.69) is 23.2 Å². The van der Waals surface area contributed by atoms with Gasteiger partial charge in [-0.25, -0.2) is 0 Å². The normalized spacial score (nSPS) is 22.1. The monoisotopic (exact) mass is 181 g/mol. The molecule has 3 heteroatoms. The average molecular weight is 181 g/mol. The Balaban J connectivity index is 2.18. The van der Waals surface area contributed by atoms with E-state index in [4.69, 9.17) is 5.26 Å². The maximum Gasteiger partial charge on any atom is 0.0635 e. The van der Waals surface area contributed by atoms with Crippen molar-refractivity contribution < 1.29 is 0 Å². The third kappa shape index (κ3) is 3.75. The highest BCUT2D eigenvalue weighted by Gasteiger charge is 2.16. The first-order chi connectivity index (χ1) is 6.36. The molecule has 0 aliphatic carbocycles. The van der Waals surface area contributed by atoms with Crippen LogP contribution in [0.25, 0.3) is 0 Å². The van der Waals surface area contributed by atoms with Crippen LogP contribution < -0.4 is 5.32 Å². The maximum atomic E-state index is 8.48. The molecule has 0 bridgehead atoms. The predicted molar refractivity (Wildman–Crippen MR) is 53.4 cm³/mol. The molecule has 3 nitrogen and oxygen atoms in total. The summed E-state index contributed by atoms with van der Waals surface area (Å²) in [7, 11) is 0. The van der Waals surface area contributed by atoms with Crippen LogP contribution in [0.2, 0.25) is 0 Å². The Morgan fingerprint density at radius 2 is 2.46 bits per heavy atom. The molecule has 1 rings (SSSR count). The minimum absolute atomic E-state index is 0.653. The number of likely N-dealkylation sites (N-methyl/N-ethyl adjacent to an activating group) is 1. The molecular formula is C10H19N3. The van der Waals surface area contributed by atoms with E-state index in [0.717, 1.165) is 19.6 Å². The predicted octanol–water partition coefficient (Wildman–Crippen LogP) is 0.974. The second kappa shape index (κ2) is 5.95. The van der Waals surface area contributed by atoms with E-state index >= 15 is 0 Å². The van der Waals surface area contributed by atoms with Crippen molar-refractivity contribution in [2.24, 2.45) is 0 Å². The summed E-state index contributed by atoms with van der Waals surface area (Å²) in [5.41, 5.74) is 0. The fourth-order valence-corrected chi connectivity index (χ4v) is 1.81. The number of nitriles is 1. The molecule has 1 N–H and O–H groups in total. The highest BCUT2D eigenvalue weighted by atomic mass is 15.1. The Hall–Kier alpha value is -0.590. The molecule has 0 amide bonds. The summed E-state index contributed by atoms with van der Waals surface area (Å²) in [5, 5.41) is 12.0. The third-order valence-corrected chi connectivity index (χ3v) is 2.63. The van der Waals surface area contributed by atoms with E-state index in [1.54, 1.807) is 0 Å². The molecule has 13 heavy (non-hydrogen) atoms. The minimum Gasteiger partial charge on any atom is -0.313 e. The first-order valence-corrected chi connectivity index (χ1v) is 5.19. The van der Waals surface area contributed by atoms with E-state index < -0.39 is 0 Å². The van der Waals surface area contributed by atoms with Gasteiger partial charge in [0.05, 0.1) is 6.07 Å². The SMILES string of the molecule is CCN(CCC#N)CC1CCCN1. The first-order valence-electron chi connectivity index (χ1n) is 5.19. The van der Waals surface area contributed by atoms with Gasteiger partial charge in [-0.15, -0.1) is 0 Å². The summed E-state index contributed by atoms with van der Waals surface area (Å²) >= 11 is 0. The Labute approximate surface area is 80.7 Å². The molecule has 1 heterocycles. The van der Waals surface area contributed by atoms with E-state index in [1.807, 2.05) is 0 Å². The van der Waals surface area contributed by atoms with Gasteiger partial charge < -0.3 is 10.2 Å². The first kappa shape index (κ1) is 10.5. The van der Waals surface area contributed by atoms with Crippen molar-refractivity contribution in [3.05, 3.63) is 0 Å². The van der Waals surface area contributed by atoms with Gasteiger partial charge in [-0.2, -0.15) is 5.26 Å². The number of nitrogens with zero attached hydrogens (tertiary/aromatic N) is 2. The van der Waals surface area contributed by atoms with Crippen molar-refractivity contribution in [2.75, 3.05) is 26.2 Å². The van der Waals surface area contributed by atoms with Crippen LogP contribution in [0, 0.1) is 11.3 Å². The van der Waals surface area contributed by atoms with Crippen molar-refractivity contribution in [3.8, 4) is 6.07 Å². The van der Waals surface area contributed by atoms with Crippen LogP contribution in [0.4, 0.5) is 0 Å². The lowest BCUT2D eigenvalue weighted by molar-refractivity contribution is 0.267. The highest BCUT2D eigenvalue weighted by Crippen LogP contribution is 2.06. The van der Waals surface area contributed by atoms with Crippen LogP contribution in [0.5, 0.6) is 0 Å². The summed E-state index contributed by atoms with van der Waals surface area (Å²) in [6.07, 6.45) is 3.25. The van der Waals surface area contributed by atoms with Gasteiger partial charge in [-0.05, 0) is 25.9 Å². The van der Waals surface area contributed by atoms with Gasteiger partial charge in [-0.1, -0.05) is 6.92 Å². The number of hydrogen-bond acceptors (Lipinski definition) is 3. The second-order valence-corrected chi connectivity index (χ2v) is 3.59. The van der Waals surface area contributed by atoms with Gasteiger partial charge in [0.25, 0.3) is 0 Å². The molecule has 1 atom stereocenters. The second-order valence-electron chi connectivity index (χ2n) is 3.59. The number of rotatable bonds is 5. The van der Waals surface area contributed by atoms with Crippen molar-refractivity contribution in [1.29, 1.82) is 5.26 Å². The standard InChI is InChI=1S/C10H19N3/c1-2-13(8-4-6-11)9-10-5-3-7-12-10/h10,12H,2-5,7-9H2,1H3. The highest BCUT2D eigenvalue weighted by molar-refractivity contribution is 4.79. The zero-order valence-electron chi connectivity index (χ0n) is 8.42. The van der Waals surface area contributed by atoms with Crippen molar-refractivity contribution in [1.82, 2.24) is 10.2 Å². The summed E-state index contributed by atoms with van der Waals surface area (Å²) in [4.78, 5) is 2.35. The molecule has 1 unspecified atom stereocenters. The van der Waals surface area contributed by atoms with Gasteiger partial charge in [-0.3, -0.25) is 0 Å². The largest absolute Gasteiger partial charge is 0.313 e. The molecule has 74 valence electrons. The van der Waals surface area contributed by atoms with Crippen LogP contribution in [-0.2, 0) is 0 Å². The molecule has 1 aliphatic rings. The zero-order chi connectivity index (χ0) is 9.52. The van der Waals surface area contributed by atoms with E-state index in [-0.39, 0.29) is 0 Å². The Kier molecular flexibility index (Phi) is 4.81. The fraction of sp³-hybridized carbons (Fsp3) is 0.900. The Morgan fingerprint density at radius 3 is 3.00 bits per heavy atom. The molecule has 0 spiro atoms. The molecule has 1 saturated heterocycles. The van der Waals surface area contributed by atoms with Crippen LogP contribution >= 0.6 is 0 Å². The molecule has 0 aromatic heterocycles. The average Bonchev–Trinajstić information content (AvgIpc) is 2.64. The van der Waals surface area contributed by atoms with Gasteiger partial charge in [0.15, 0.2) is 0 Å². The summed E-state index contributed by atoms with van der Waals surface area (Å²) in [5.74, 6) is 0. The smallest absolute Gasteiger partial charge is 0.0635 e. The zero-order valence-corrected chi connectivity index (χ0v) is 8.42. The summed E-state index contributed by atoms with van der Waals surface area (Å²) < 4.78 is 0. The van der Waals surface area contributed by atoms with Crippen molar-refractivity contribution in [2.45, 2.75) is 32.2 Å². The lowest BCUT2D eigenvalue weighted by Gasteiger charge is -2.22. The molecule has 0 radical (unpaired) electrons. The van der Waals surface area contributed by atoms with Crippen LogP contribution in [0.3, 0.4) is 0 Å². The van der Waals surface area contributed by atoms with Crippen molar-refractivity contribution >= 4 is 0 Å². The molecular weight excluding hydrogens is 162 g/mol. The molecule has 0 aromatic rings. The van der Waals surface area contributed by atoms with E-state index in [9.17, 15) is 0 Å². The molecule has 1 aliphatic heterocycles. The number of nitrogens with one attached hydrogen (secondary N) is 1. The van der Waals surface area contributed by atoms with Gasteiger partial charge in [0.2, 0.25) is 0 Å². The minimum atomic E-state index is 0.653. The number of hydrogen-bond donors (Lipinski definition) is 1. The Bertz CT molecular complexity index is 167. The Morgan fingerprint density at radius 1 is 1.62 bits per heavy atom. The fourth-order valence-electron chi connectivity index (χ4n) is 1.81. The van der Waals surface area contributed by atoms with Crippen LogP contribution in [0.15, 0.2) is 0 Å². The maximum absolute atomic E-state index is 8.48. The van der Waals surface area contributed by atoms with Crippen molar-refractivity contribution in [3.63, 3.8) is 0 Å². The lowest BCUT2D eigenvalue weighted by Crippen LogP contribution is -2.37. The van der Waals surface area contributed by atoms with Gasteiger partial charge >= 0.3 is 0 Å². The summed E-state index contributed by atoms with van der Waals surface area (Å²) in [6.45, 7) is 6.41. The van der Waals surface area contributed by atoms with Gasteiger partial charge in [0.1, 0.15) is 0 Å². The summed E-state index contributed by atoms with van der Waals surface area (Å²) in [6, 6.07) is 2.86. The quantitative estimate of drug-likeness (QED) is 0.687. The van der Waals surface area contributed by atoms with Gasteiger partial charge in [0, 0.05) is 25.6 Å². The van der Waals surface area contributed by atoms with Crippen LogP contribution in [-0.4, -0.2) is 37.1 Å². The molecule has 0 aromatic carbocycles. The lowest BCUT2D eigenvalue weighted by atomic mass is 10.2. The van der Waals surface area contributed by atoms with E-state index in [0.29, 0.717) is 12.5 Å². The van der Waals surface area contributed by atoms with E-state index in [1.165, 1.54) is 19.4 Å². The topological polar surface area (TPSA) is 39.1 Å².